The first-order valence-corrected chi connectivity index (χ1v) is 6.52. The standard InChI is InChI=1S/C12H11BrClNO2/c13-9-5-4-8(10(14)6-9)7-15-11(16)2-1-3-12(15)17/h4-6H,1-3,7H2. The molecule has 1 heterocycles. The van der Waals surface area contributed by atoms with E-state index in [1.807, 2.05) is 12.1 Å². The molecule has 1 aliphatic rings. The van der Waals surface area contributed by atoms with Crippen LogP contribution in [0.3, 0.4) is 0 Å². The summed E-state index contributed by atoms with van der Waals surface area (Å²) >= 11 is 9.38. The number of rotatable bonds is 2. The number of hydrogen-bond acceptors (Lipinski definition) is 2. The minimum absolute atomic E-state index is 0.111. The van der Waals surface area contributed by atoms with E-state index >= 15 is 0 Å². The highest BCUT2D eigenvalue weighted by Gasteiger charge is 2.26. The first kappa shape index (κ1) is 12.6. The number of nitrogens with zero attached hydrogens (tertiary/aromatic N) is 1. The van der Waals surface area contributed by atoms with E-state index < -0.39 is 0 Å². The molecule has 0 radical (unpaired) electrons. The Kier molecular flexibility index (Phi) is 3.84. The van der Waals surface area contributed by atoms with Gasteiger partial charge in [-0.2, -0.15) is 0 Å². The maximum atomic E-state index is 11.6. The quantitative estimate of drug-likeness (QED) is 0.786. The molecule has 5 heteroatoms. The third-order valence-corrected chi connectivity index (χ3v) is 3.57. The van der Waals surface area contributed by atoms with Gasteiger partial charge >= 0.3 is 0 Å². The van der Waals surface area contributed by atoms with E-state index in [1.54, 1.807) is 6.07 Å². The molecule has 0 N–H and O–H groups in total. The number of amides is 2. The zero-order valence-electron chi connectivity index (χ0n) is 9.08. The maximum absolute atomic E-state index is 11.6. The second-order valence-corrected chi connectivity index (χ2v) is 5.29. The maximum Gasteiger partial charge on any atom is 0.229 e. The summed E-state index contributed by atoms with van der Waals surface area (Å²) in [6.45, 7) is 0.268. The highest BCUT2D eigenvalue weighted by atomic mass is 79.9. The third kappa shape index (κ3) is 2.87. The van der Waals surface area contributed by atoms with Crippen LogP contribution in [0.4, 0.5) is 0 Å². The van der Waals surface area contributed by atoms with Gasteiger partial charge in [-0.05, 0) is 24.1 Å². The minimum Gasteiger partial charge on any atom is -0.278 e. The summed E-state index contributed by atoms with van der Waals surface area (Å²) in [4.78, 5) is 24.6. The molecule has 0 aliphatic carbocycles. The van der Waals surface area contributed by atoms with Crippen molar-refractivity contribution in [3.8, 4) is 0 Å². The van der Waals surface area contributed by atoms with Crippen LogP contribution in [0.5, 0.6) is 0 Å². The molecule has 1 saturated heterocycles. The number of carbonyl (C=O) groups is 2. The van der Waals surface area contributed by atoms with Crippen molar-refractivity contribution >= 4 is 39.3 Å². The largest absolute Gasteiger partial charge is 0.278 e. The fraction of sp³-hybridized carbons (Fsp3) is 0.333. The van der Waals surface area contributed by atoms with Gasteiger partial charge in [0, 0.05) is 22.3 Å². The van der Waals surface area contributed by atoms with Crippen LogP contribution in [0, 0.1) is 0 Å². The zero-order chi connectivity index (χ0) is 12.4. The van der Waals surface area contributed by atoms with E-state index in [-0.39, 0.29) is 18.4 Å². The molecular formula is C12H11BrClNO2. The Balaban J connectivity index is 2.19. The Labute approximate surface area is 113 Å². The average molecular weight is 317 g/mol. The molecule has 1 aromatic rings. The molecule has 0 spiro atoms. The van der Waals surface area contributed by atoms with Crippen molar-refractivity contribution in [2.24, 2.45) is 0 Å². The fourth-order valence-electron chi connectivity index (χ4n) is 1.80. The molecule has 2 rings (SSSR count). The number of piperidine rings is 1. The lowest BCUT2D eigenvalue weighted by Gasteiger charge is -2.25. The van der Waals surface area contributed by atoms with Crippen molar-refractivity contribution in [1.29, 1.82) is 0 Å². The predicted molar refractivity (Wildman–Crippen MR) is 68.6 cm³/mol. The molecule has 3 nitrogen and oxygen atoms in total. The molecular weight excluding hydrogens is 305 g/mol. The molecule has 0 atom stereocenters. The SMILES string of the molecule is O=C1CCCC(=O)N1Cc1ccc(Br)cc1Cl. The van der Waals surface area contributed by atoms with Crippen LogP contribution in [-0.4, -0.2) is 16.7 Å². The van der Waals surface area contributed by atoms with Crippen LogP contribution in [0.1, 0.15) is 24.8 Å². The summed E-state index contributed by atoms with van der Waals surface area (Å²) in [5.41, 5.74) is 0.790. The first-order valence-electron chi connectivity index (χ1n) is 5.35. The smallest absolute Gasteiger partial charge is 0.229 e. The van der Waals surface area contributed by atoms with Gasteiger partial charge in [-0.25, -0.2) is 0 Å². The van der Waals surface area contributed by atoms with Gasteiger partial charge in [0.05, 0.1) is 6.54 Å². The van der Waals surface area contributed by atoms with E-state index in [0.29, 0.717) is 24.3 Å². The third-order valence-electron chi connectivity index (χ3n) is 2.73. The monoisotopic (exact) mass is 315 g/mol. The summed E-state index contributed by atoms with van der Waals surface area (Å²) < 4.78 is 0.877. The van der Waals surface area contributed by atoms with E-state index in [4.69, 9.17) is 11.6 Å². The van der Waals surface area contributed by atoms with E-state index in [0.717, 1.165) is 10.0 Å². The first-order chi connectivity index (χ1) is 8.08. The van der Waals surface area contributed by atoms with Crippen molar-refractivity contribution in [3.05, 3.63) is 33.3 Å². The molecule has 1 aromatic carbocycles. The summed E-state index contributed by atoms with van der Waals surface area (Å²) in [6, 6.07) is 5.43. The molecule has 0 saturated carbocycles. The number of imide groups is 1. The van der Waals surface area contributed by atoms with E-state index in [1.165, 1.54) is 4.90 Å². The molecule has 2 amide bonds. The Bertz CT molecular complexity index is 460. The fourth-order valence-corrected chi connectivity index (χ4v) is 2.53. The Morgan fingerprint density at radius 2 is 1.88 bits per heavy atom. The van der Waals surface area contributed by atoms with Gasteiger partial charge in [0.2, 0.25) is 11.8 Å². The summed E-state index contributed by atoms with van der Waals surface area (Å²) in [5, 5.41) is 0.561. The van der Waals surface area contributed by atoms with Gasteiger partial charge in [-0.1, -0.05) is 33.6 Å². The molecule has 0 bridgehead atoms. The Hall–Kier alpha value is -0.870. The van der Waals surface area contributed by atoms with Gasteiger partial charge < -0.3 is 0 Å². The lowest BCUT2D eigenvalue weighted by atomic mass is 10.1. The zero-order valence-corrected chi connectivity index (χ0v) is 11.4. The second-order valence-electron chi connectivity index (χ2n) is 3.96. The molecule has 17 heavy (non-hydrogen) atoms. The summed E-state index contributed by atoms with van der Waals surface area (Å²) in [7, 11) is 0. The van der Waals surface area contributed by atoms with Crippen LogP contribution in [0.15, 0.2) is 22.7 Å². The second kappa shape index (κ2) is 5.19. The van der Waals surface area contributed by atoms with Gasteiger partial charge in [0.15, 0.2) is 0 Å². The number of benzene rings is 1. The van der Waals surface area contributed by atoms with E-state index in [2.05, 4.69) is 15.9 Å². The molecule has 0 aromatic heterocycles. The Morgan fingerprint density at radius 1 is 1.24 bits per heavy atom. The molecule has 90 valence electrons. The van der Waals surface area contributed by atoms with Gasteiger partial charge in [0.1, 0.15) is 0 Å². The summed E-state index contributed by atoms with van der Waals surface area (Å²) in [6.07, 6.45) is 1.54. The van der Waals surface area contributed by atoms with Crippen LogP contribution >= 0.6 is 27.5 Å². The van der Waals surface area contributed by atoms with Crippen LogP contribution < -0.4 is 0 Å². The van der Waals surface area contributed by atoms with Crippen molar-refractivity contribution in [3.63, 3.8) is 0 Å². The van der Waals surface area contributed by atoms with Gasteiger partial charge in [-0.3, -0.25) is 14.5 Å². The highest BCUT2D eigenvalue weighted by Crippen LogP contribution is 2.24. The van der Waals surface area contributed by atoms with Crippen molar-refractivity contribution in [2.75, 3.05) is 0 Å². The number of likely N-dealkylation sites (tertiary alicyclic amines) is 1. The van der Waals surface area contributed by atoms with Crippen LogP contribution in [0.2, 0.25) is 5.02 Å². The Morgan fingerprint density at radius 3 is 2.47 bits per heavy atom. The normalized spacial score (nSPS) is 16.5. The van der Waals surface area contributed by atoms with Crippen molar-refractivity contribution in [1.82, 2.24) is 4.90 Å². The molecule has 1 fully saturated rings. The number of halogens is 2. The molecule has 1 aliphatic heterocycles. The summed E-state index contributed by atoms with van der Waals surface area (Å²) in [5.74, 6) is -0.222. The topological polar surface area (TPSA) is 37.4 Å². The lowest BCUT2D eigenvalue weighted by Crippen LogP contribution is -2.39. The molecule has 0 unspecified atom stereocenters. The van der Waals surface area contributed by atoms with Gasteiger partial charge in [-0.15, -0.1) is 0 Å². The van der Waals surface area contributed by atoms with Crippen LogP contribution in [0.25, 0.3) is 0 Å². The minimum atomic E-state index is -0.111. The van der Waals surface area contributed by atoms with Crippen molar-refractivity contribution in [2.45, 2.75) is 25.8 Å². The highest BCUT2D eigenvalue weighted by molar-refractivity contribution is 9.10. The van der Waals surface area contributed by atoms with Gasteiger partial charge in [0.25, 0.3) is 0 Å². The average Bonchev–Trinajstić information content (AvgIpc) is 2.26. The van der Waals surface area contributed by atoms with Crippen LogP contribution in [-0.2, 0) is 16.1 Å². The number of carbonyl (C=O) groups excluding carboxylic acids is 2. The lowest BCUT2D eigenvalue weighted by molar-refractivity contribution is -0.148. The number of hydrogen-bond donors (Lipinski definition) is 0. The van der Waals surface area contributed by atoms with E-state index in [9.17, 15) is 9.59 Å². The predicted octanol–water partition coefficient (Wildman–Crippen LogP) is 3.14. The van der Waals surface area contributed by atoms with Crippen molar-refractivity contribution < 1.29 is 9.59 Å².